The molecule has 2 aliphatic heterocycles. The van der Waals surface area contributed by atoms with Gasteiger partial charge in [0.15, 0.2) is 0 Å². The number of nitrogens with one attached hydrogen (secondary N) is 3. The van der Waals surface area contributed by atoms with Gasteiger partial charge >= 0.3 is 0 Å². The Bertz CT molecular complexity index is 1110. The third-order valence-corrected chi connectivity index (χ3v) is 6.27. The van der Waals surface area contributed by atoms with Crippen LogP contribution in [0.2, 0.25) is 0 Å². The molecule has 1 saturated heterocycles. The molecule has 0 atom stereocenters. The Balaban J connectivity index is 1.31. The molecule has 0 radical (unpaired) electrons. The molecule has 0 aliphatic carbocycles. The van der Waals surface area contributed by atoms with Crippen LogP contribution in [-0.4, -0.2) is 70.8 Å². The lowest BCUT2D eigenvalue weighted by Crippen LogP contribution is -2.44. The Labute approximate surface area is 206 Å². The highest BCUT2D eigenvalue weighted by Crippen LogP contribution is 2.24. The number of hydrogen-bond acceptors (Lipinski definition) is 9. The molecule has 35 heavy (non-hydrogen) atoms. The fourth-order valence-corrected chi connectivity index (χ4v) is 4.23. The van der Waals surface area contributed by atoms with Crippen LogP contribution in [0, 0.1) is 0 Å². The maximum Gasteiger partial charge on any atom is 0.229 e. The largest absolute Gasteiger partial charge is 0.372 e. The number of rotatable bonds is 9. The Kier molecular flexibility index (Phi) is 7.22. The number of ether oxygens (including phenoxy) is 1. The number of hydrogen-bond donors (Lipinski definition) is 3. The summed E-state index contributed by atoms with van der Waals surface area (Å²) >= 11 is 0. The molecule has 3 N–H and O–H groups in total. The zero-order valence-electron chi connectivity index (χ0n) is 20.2. The second-order valence-corrected chi connectivity index (χ2v) is 8.86. The van der Waals surface area contributed by atoms with E-state index in [0.29, 0.717) is 38.1 Å². The number of fused-ring (bicyclic) bond motifs is 1. The number of benzene rings is 1. The highest BCUT2D eigenvalue weighted by molar-refractivity contribution is 5.62. The normalized spacial score (nSPS) is 16.1. The topological polar surface area (TPSA) is 95.4 Å². The summed E-state index contributed by atoms with van der Waals surface area (Å²) in [6, 6.07) is 8.45. The molecule has 0 amide bonds. The Morgan fingerprint density at radius 2 is 1.89 bits per heavy atom. The first-order chi connectivity index (χ1) is 17.2. The van der Waals surface area contributed by atoms with Crippen LogP contribution in [0.5, 0.6) is 0 Å². The molecule has 2 aliphatic rings. The molecule has 0 saturated carbocycles. The minimum absolute atomic E-state index is 0.524. The predicted octanol–water partition coefficient (Wildman–Crippen LogP) is 2.72. The minimum Gasteiger partial charge on any atom is -0.372 e. The second-order valence-electron chi connectivity index (χ2n) is 8.86. The molecular weight excluding hydrogens is 442 g/mol. The van der Waals surface area contributed by atoms with Crippen molar-refractivity contribution in [2.45, 2.75) is 19.7 Å². The SMILES string of the molecule is C=CCNCc1cnc(Nc2ccc(N3CCN(C)CC3)cc2)nc1Nc1cn2c(n1)COCC2. The minimum atomic E-state index is 0.524. The number of piperazine rings is 1. The van der Waals surface area contributed by atoms with Crippen LogP contribution in [0.15, 0.2) is 49.3 Å². The van der Waals surface area contributed by atoms with E-state index in [2.05, 4.69) is 78.2 Å². The van der Waals surface area contributed by atoms with Crippen molar-refractivity contribution in [3.05, 3.63) is 60.7 Å². The fraction of sp³-hybridized carbons (Fsp3) is 0.400. The van der Waals surface area contributed by atoms with E-state index in [9.17, 15) is 0 Å². The first-order valence-corrected chi connectivity index (χ1v) is 12.1. The van der Waals surface area contributed by atoms with Gasteiger partial charge in [0.25, 0.3) is 0 Å². The van der Waals surface area contributed by atoms with Crippen LogP contribution >= 0.6 is 0 Å². The van der Waals surface area contributed by atoms with Crippen molar-refractivity contribution in [1.29, 1.82) is 0 Å². The average Bonchev–Trinajstić information content (AvgIpc) is 3.29. The summed E-state index contributed by atoms with van der Waals surface area (Å²) in [5.41, 5.74) is 3.13. The highest BCUT2D eigenvalue weighted by Gasteiger charge is 2.16. The van der Waals surface area contributed by atoms with Crippen molar-refractivity contribution in [2.24, 2.45) is 0 Å². The summed E-state index contributed by atoms with van der Waals surface area (Å²) in [6.07, 6.45) is 5.68. The van der Waals surface area contributed by atoms with Crippen LogP contribution < -0.4 is 20.9 Å². The first kappa shape index (κ1) is 23.3. The number of imidazole rings is 1. The second kappa shape index (κ2) is 10.9. The van der Waals surface area contributed by atoms with E-state index < -0.39 is 0 Å². The van der Waals surface area contributed by atoms with Crippen LogP contribution in [-0.2, 0) is 24.4 Å². The number of aromatic nitrogens is 4. The van der Waals surface area contributed by atoms with Gasteiger partial charge in [-0.25, -0.2) is 9.97 Å². The van der Waals surface area contributed by atoms with E-state index in [0.717, 1.165) is 55.6 Å². The number of likely N-dealkylation sites (N-methyl/N-ethyl adjacent to an activating group) is 1. The van der Waals surface area contributed by atoms with Crippen LogP contribution in [0.1, 0.15) is 11.4 Å². The van der Waals surface area contributed by atoms with Gasteiger partial charge in [-0.05, 0) is 31.3 Å². The highest BCUT2D eigenvalue weighted by atomic mass is 16.5. The van der Waals surface area contributed by atoms with Gasteiger partial charge in [0.2, 0.25) is 5.95 Å². The summed E-state index contributed by atoms with van der Waals surface area (Å²) in [7, 11) is 2.17. The van der Waals surface area contributed by atoms with Gasteiger partial charge in [0.05, 0.1) is 6.61 Å². The summed E-state index contributed by atoms with van der Waals surface area (Å²) in [4.78, 5) is 18.8. The predicted molar refractivity (Wildman–Crippen MR) is 139 cm³/mol. The monoisotopic (exact) mass is 475 g/mol. The molecule has 0 unspecified atom stereocenters. The summed E-state index contributed by atoms with van der Waals surface area (Å²) in [6.45, 7) is 11.4. The van der Waals surface area contributed by atoms with Crippen molar-refractivity contribution in [3.8, 4) is 0 Å². The zero-order valence-corrected chi connectivity index (χ0v) is 20.2. The van der Waals surface area contributed by atoms with Crippen LogP contribution in [0.25, 0.3) is 0 Å². The van der Waals surface area contributed by atoms with Gasteiger partial charge in [0, 0.05) is 75.1 Å². The molecule has 0 bridgehead atoms. The maximum absolute atomic E-state index is 5.51. The van der Waals surface area contributed by atoms with Gasteiger partial charge in [0.1, 0.15) is 24.1 Å². The molecule has 4 heterocycles. The van der Waals surface area contributed by atoms with E-state index in [1.807, 2.05) is 18.5 Å². The van der Waals surface area contributed by atoms with Crippen LogP contribution in [0.4, 0.5) is 29.0 Å². The lowest BCUT2D eigenvalue weighted by Gasteiger charge is -2.34. The quantitative estimate of drug-likeness (QED) is 0.319. The van der Waals surface area contributed by atoms with E-state index in [1.165, 1.54) is 5.69 Å². The molecule has 184 valence electrons. The molecule has 5 rings (SSSR count). The first-order valence-electron chi connectivity index (χ1n) is 12.1. The molecule has 10 heteroatoms. The van der Waals surface area contributed by atoms with Crippen molar-refractivity contribution in [2.75, 3.05) is 61.9 Å². The van der Waals surface area contributed by atoms with Gasteiger partial charge in [-0.15, -0.1) is 6.58 Å². The number of anilines is 5. The maximum atomic E-state index is 5.51. The van der Waals surface area contributed by atoms with E-state index in [1.54, 1.807) is 0 Å². The Hall–Kier alpha value is -3.47. The van der Waals surface area contributed by atoms with E-state index in [4.69, 9.17) is 9.72 Å². The van der Waals surface area contributed by atoms with Gasteiger partial charge < -0.3 is 35.1 Å². The van der Waals surface area contributed by atoms with E-state index >= 15 is 0 Å². The molecule has 1 fully saturated rings. The Morgan fingerprint density at radius 1 is 1.06 bits per heavy atom. The number of nitrogens with zero attached hydrogens (tertiary/aromatic N) is 6. The van der Waals surface area contributed by atoms with Crippen LogP contribution in [0.3, 0.4) is 0 Å². The summed E-state index contributed by atoms with van der Waals surface area (Å²) in [5.74, 6) is 2.90. The van der Waals surface area contributed by atoms with Gasteiger partial charge in [-0.3, -0.25) is 0 Å². The van der Waals surface area contributed by atoms with Crippen molar-refractivity contribution >= 4 is 29.0 Å². The smallest absolute Gasteiger partial charge is 0.229 e. The zero-order chi connectivity index (χ0) is 24.0. The third kappa shape index (κ3) is 5.79. The fourth-order valence-electron chi connectivity index (χ4n) is 4.23. The molecule has 3 aromatic rings. The lowest BCUT2D eigenvalue weighted by molar-refractivity contribution is 0.0816. The van der Waals surface area contributed by atoms with Crippen molar-refractivity contribution in [3.63, 3.8) is 0 Å². The van der Waals surface area contributed by atoms with Gasteiger partial charge in [-0.1, -0.05) is 6.08 Å². The molecule has 10 nitrogen and oxygen atoms in total. The van der Waals surface area contributed by atoms with Crippen molar-refractivity contribution < 1.29 is 4.74 Å². The third-order valence-electron chi connectivity index (χ3n) is 6.27. The summed E-state index contributed by atoms with van der Waals surface area (Å²) < 4.78 is 7.63. The van der Waals surface area contributed by atoms with Crippen molar-refractivity contribution in [1.82, 2.24) is 29.7 Å². The standard InChI is InChI=1S/C25H33N9O/c1-3-8-26-15-19-16-27-25(31-24(19)30-22-17-34-13-14-35-18-23(34)29-22)28-20-4-6-21(7-5-20)33-11-9-32(2)10-12-33/h3-7,16-17,26H,1,8-15,18H2,2H3,(H2,27,28,30,31). The molecular formula is C25H33N9O. The van der Waals surface area contributed by atoms with E-state index in [-0.39, 0.29) is 0 Å². The summed E-state index contributed by atoms with van der Waals surface area (Å²) in [5, 5.41) is 10.0. The average molecular weight is 476 g/mol. The lowest BCUT2D eigenvalue weighted by atomic mass is 10.2. The Morgan fingerprint density at radius 3 is 2.66 bits per heavy atom. The van der Waals surface area contributed by atoms with Gasteiger partial charge in [-0.2, -0.15) is 4.98 Å². The molecule has 2 aromatic heterocycles. The molecule has 1 aromatic carbocycles. The molecule has 0 spiro atoms.